The third-order valence-corrected chi connectivity index (χ3v) is 3.33. The van der Waals surface area contributed by atoms with Crippen LogP contribution in [0.5, 0.6) is 0 Å². The van der Waals surface area contributed by atoms with E-state index >= 15 is 0 Å². The van der Waals surface area contributed by atoms with E-state index in [1.807, 2.05) is 6.92 Å². The molecule has 0 bridgehead atoms. The lowest BCUT2D eigenvalue weighted by Gasteiger charge is -2.18. The van der Waals surface area contributed by atoms with Crippen molar-refractivity contribution in [3.63, 3.8) is 0 Å². The fraction of sp³-hybridized carbons (Fsp3) is 1.00. The molecule has 16 heavy (non-hydrogen) atoms. The van der Waals surface area contributed by atoms with Crippen LogP contribution in [0.1, 0.15) is 26.2 Å². The van der Waals surface area contributed by atoms with E-state index < -0.39 is 0 Å². The van der Waals surface area contributed by atoms with Gasteiger partial charge in [0.25, 0.3) is 0 Å². The molecular formula is C12H24O4. The molecule has 1 saturated carbocycles. The lowest BCUT2D eigenvalue weighted by Crippen LogP contribution is -2.20. The Hall–Kier alpha value is -0.160. The Kier molecular flexibility index (Phi) is 6.28. The van der Waals surface area contributed by atoms with Crippen LogP contribution in [0.4, 0.5) is 0 Å². The molecule has 1 rings (SSSR count). The molecule has 0 saturated heterocycles. The van der Waals surface area contributed by atoms with Gasteiger partial charge in [0.2, 0.25) is 0 Å². The van der Waals surface area contributed by atoms with Gasteiger partial charge in [0, 0.05) is 13.7 Å². The first-order chi connectivity index (χ1) is 7.71. The summed E-state index contributed by atoms with van der Waals surface area (Å²) in [6.45, 7) is 5.09. The molecule has 1 N–H and O–H groups in total. The van der Waals surface area contributed by atoms with Crippen LogP contribution in [0.2, 0.25) is 0 Å². The Balaban J connectivity index is 1.85. The summed E-state index contributed by atoms with van der Waals surface area (Å²) in [6, 6.07) is 0. The average molecular weight is 232 g/mol. The van der Waals surface area contributed by atoms with Gasteiger partial charge in [0.1, 0.15) is 0 Å². The van der Waals surface area contributed by atoms with E-state index in [9.17, 15) is 5.11 Å². The van der Waals surface area contributed by atoms with Crippen molar-refractivity contribution >= 4 is 0 Å². The summed E-state index contributed by atoms with van der Waals surface area (Å²) < 4.78 is 15.6. The van der Waals surface area contributed by atoms with Gasteiger partial charge in [-0.15, -0.1) is 0 Å². The highest BCUT2D eigenvalue weighted by molar-refractivity contribution is 4.96. The molecule has 1 atom stereocenters. The molecule has 0 aliphatic heterocycles. The van der Waals surface area contributed by atoms with E-state index in [4.69, 9.17) is 14.2 Å². The van der Waals surface area contributed by atoms with Crippen molar-refractivity contribution in [2.75, 3.05) is 40.1 Å². The van der Waals surface area contributed by atoms with Crippen molar-refractivity contribution in [2.45, 2.75) is 32.3 Å². The third-order valence-electron chi connectivity index (χ3n) is 3.33. The van der Waals surface area contributed by atoms with Crippen LogP contribution >= 0.6 is 0 Å². The van der Waals surface area contributed by atoms with Gasteiger partial charge in [-0.1, -0.05) is 0 Å². The van der Waals surface area contributed by atoms with E-state index in [0.29, 0.717) is 26.4 Å². The molecule has 1 aliphatic carbocycles. The molecule has 0 aromatic rings. The van der Waals surface area contributed by atoms with Crippen LogP contribution in [0.15, 0.2) is 0 Å². The van der Waals surface area contributed by atoms with Crippen molar-refractivity contribution in [1.29, 1.82) is 0 Å². The van der Waals surface area contributed by atoms with Gasteiger partial charge < -0.3 is 19.3 Å². The van der Waals surface area contributed by atoms with Crippen LogP contribution < -0.4 is 0 Å². The molecule has 0 radical (unpaired) electrons. The van der Waals surface area contributed by atoms with E-state index in [1.54, 1.807) is 7.11 Å². The van der Waals surface area contributed by atoms with Crippen LogP contribution in [-0.4, -0.2) is 51.4 Å². The van der Waals surface area contributed by atoms with Crippen molar-refractivity contribution in [2.24, 2.45) is 5.41 Å². The summed E-state index contributed by atoms with van der Waals surface area (Å²) in [5, 5.41) is 9.55. The highest BCUT2D eigenvalue weighted by Gasteiger charge is 2.46. The van der Waals surface area contributed by atoms with Gasteiger partial charge in [-0.05, 0) is 31.6 Å². The zero-order valence-corrected chi connectivity index (χ0v) is 10.4. The molecule has 96 valence electrons. The first kappa shape index (κ1) is 13.9. The zero-order chi connectivity index (χ0) is 11.9. The molecular weight excluding hydrogens is 208 g/mol. The molecule has 0 amide bonds. The largest absolute Gasteiger partial charge is 0.393 e. The first-order valence-electron chi connectivity index (χ1n) is 6.04. The standard InChI is InChI=1S/C12H24O4/c1-11(13)12(3-4-12)5-6-15-9-10-16-8-7-14-2/h11,13H,3-10H2,1-2H3. The third kappa shape index (κ3) is 4.78. The Morgan fingerprint density at radius 2 is 1.62 bits per heavy atom. The summed E-state index contributed by atoms with van der Waals surface area (Å²) in [7, 11) is 1.66. The monoisotopic (exact) mass is 232 g/mol. The number of aliphatic hydroxyl groups is 1. The lowest BCUT2D eigenvalue weighted by molar-refractivity contribution is 0.0133. The van der Waals surface area contributed by atoms with Crippen molar-refractivity contribution < 1.29 is 19.3 Å². The van der Waals surface area contributed by atoms with Gasteiger partial charge in [0.05, 0.1) is 32.5 Å². The summed E-state index contributed by atoms with van der Waals surface area (Å²) in [4.78, 5) is 0. The van der Waals surface area contributed by atoms with Gasteiger partial charge in [-0.3, -0.25) is 0 Å². The SMILES string of the molecule is COCCOCCOCCC1(C(C)O)CC1. The van der Waals surface area contributed by atoms with Crippen molar-refractivity contribution in [3.8, 4) is 0 Å². The highest BCUT2D eigenvalue weighted by atomic mass is 16.5. The van der Waals surface area contributed by atoms with Crippen LogP contribution in [0.25, 0.3) is 0 Å². The minimum atomic E-state index is -0.200. The number of hydrogen-bond acceptors (Lipinski definition) is 4. The van der Waals surface area contributed by atoms with Gasteiger partial charge in [0.15, 0.2) is 0 Å². The fourth-order valence-corrected chi connectivity index (χ4v) is 1.78. The summed E-state index contributed by atoms with van der Waals surface area (Å²) >= 11 is 0. The second-order valence-electron chi connectivity index (χ2n) is 4.51. The molecule has 0 spiro atoms. The Morgan fingerprint density at radius 1 is 1.06 bits per heavy atom. The number of methoxy groups -OCH3 is 1. The highest BCUT2D eigenvalue weighted by Crippen LogP contribution is 2.51. The quantitative estimate of drug-likeness (QED) is 0.575. The maximum absolute atomic E-state index is 9.55. The Morgan fingerprint density at radius 3 is 2.12 bits per heavy atom. The lowest BCUT2D eigenvalue weighted by atomic mass is 9.97. The molecule has 1 fully saturated rings. The van der Waals surface area contributed by atoms with E-state index in [0.717, 1.165) is 25.9 Å². The zero-order valence-electron chi connectivity index (χ0n) is 10.4. The molecule has 4 nitrogen and oxygen atoms in total. The summed E-state index contributed by atoms with van der Waals surface area (Å²) in [5.74, 6) is 0. The van der Waals surface area contributed by atoms with Crippen LogP contribution in [-0.2, 0) is 14.2 Å². The van der Waals surface area contributed by atoms with E-state index in [1.165, 1.54) is 0 Å². The van der Waals surface area contributed by atoms with Gasteiger partial charge in [-0.2, -0.15) is 0 Å². The normalized spacial score (nSPS) is 19.7. The molecule has 0 heterocycles. The molecule has 1 unspecified atom stereocenters. The van der Waals surface area contributed by atoms with Crippen molar-refractivity contribution in [3.05, 3.63) is 0 Å². The molecule has 4 heteroatoms. The summed E-state index contributed by atoms with van der Waals surface area (Å²) in [6.07, 6.45) is 3.04. The molecule has 0 aromatic heterocycles. The molecule has 0 aromatic carbocycles. The number of hydrogen-bond donors (Lipinski definition) is 1. The number of ether oxygens (including phenoxy) is 3. The Labute approximate surface area is 97.9 Å². The minimum absolute atomic E-state index is 0.164. The van der Waals surface area contributed by atoms with Gasteiger partial charge >= 0.3 is 0 Å². The topological polar surface area (TPSA) is 47.9 Å². The number of aliphatic hydroxyl groups excluding tert-OH is 1. The predicted octanol–water partition coefficient (Wildman–Crippen LogP) is 1.22. The number of rotatable bonds is 10. The minimum Gasteiger partial charge on any atom is -0.393 e. The average Bonchev–Trinajstić information content (AvgIpc) is 3.03. The maximum Gasteiger partial charge on any atom is 0.0701 e. The summed E-state index contributed by atoms with van der Waals surface area (Å²) in [5.41, 5.74) is 0.164. The molecule has 1 aliphatic rings. The van der Waals surface area contributed by atoms with E-state index in [2.05, 4.69) is 0 Å². The maximum atomic E-state index is 9.55. The first-order valence-corrected chi connectivity index (χ1v) is 6.04. The van der Waals surface area contributed by atoms with Crippen molar-refractivity contribution in [1.82, 2.24) is 0 Å². The predicted molar refractivity (Wildman–Crippen MR) is 61.5 cm³/mol. The smallest absolute Gasteiger partial charge is 0.0701 e. The fourth-order valence-electron chi connectivity index (χ4n) is 1.78. The van der Waals surface area contributed by atoms with E-state index in [-0.39, 0.29) is 11.5 Å². The second-order valence-corrected chi connectivity index (χ2v) is 4.51. The van der Waals surface area contributed by atoms with Crippen LogP contribution in [0, 0.1) is 5.41 Å². The van der Waals surface area contributed by atoms with Crippen LogP contribution in [0.3, 0.4) is 0 Å². The Bertz CT molecular complexity index is 178. The second kappa shape index (κ2) is 7.22. The van der Waals surface area contributed by atoms with Gasteiger partial charge in [-0.25, -0.2) is 0 Å².